The minimum atomic E-state index is -4.57. The smallest absolute Gasteiger partial charge is 0.411 e. The number of rotatable bonds is 3. The second kappa shape index (κ2) is 5.77. The maximum absolute atomic E-state index is 12.7. The average molecular weight is 316 g/mol. The first-order valence-electron chi connectivity index (χ1n) is 6.49. The molecular formula is C14H19F3N2OSi. The minimum Gasteiger partial charge on any atom is -0.411 e. The Kier molecular flexibility index (Phi) is 4.86. The van der Waals surface area contributed by atoms with Gasteiger partial charge in [0.25, 0.3) is 0 Å². The summed E-state index contributed by atoms with van der Waals surface area (Å²) in [6.07, 6.45) is -4.57. The molecule has 1 aromatic rings. The van der Waals surface area contributed by atoms with Gasteiger partial charge in [-0.25, -0.2) is 4.98 Å². The van der Waals surface area contributed by atoms with E-state index in [2.05, 4.69) is 4.98 Å². The summed E-state index contributed by atoms with van der Waals surface area (Å²) in [5, 5.41) is 8.78. The number of nitriles is 1. The van der Waals surface area contributed by atoms with Gasteiger partial charge in [-0.2, -0.15) is 18.4 Å². The van der Waals surface area contributed by atoms with Crippen molar-refractivity contribution in [3.8, 4) is 6.07 Å². The molecule has 0 aliphatic heterocycles. The van der Waals surface area contributed by atoms with Crippen LogP contribution in [0.4, 0.5) is 13.2 Å². The molecule has 7 heteroatoms. The van der Waals surface area contributed by atoms with Gasteiger partial charge in [0.2, 0.25) is 0 Å². The van der Waals surface area contributed by atoms with Gasteiger partial charge in [0.05, 0.1) is 23.9 Å². The van der Waals surface area contributed by atoms with Crippen molar-refractivity contribution in [2.45, 2.75) is 51.7 Å². The first-order chi connectivity index (χ1) is 9.37. The van der Waals surface area contributed by atoms with Gasteiger partial charge in [-0.1, -0.05) is 20.8 Å². The number of nitrogens with zero attached hydrogens (tertiary/aromatic N) is 2. The third-order valence-corrected chi connectivity index (χ3v) is 8.16. The van der Waals surface area contributed by atoms with Gasteiger partial charge in [0, 0.05) is 0 Å². The van der Waals surface area contributed by atoms with Crippen LogP contribution in [0.2, 0.25) is 18.1 Å². The Labute approximate surface area is 123 Å². The molecule has 0 amide bonds. The molecule has 21 heavy (non-hydrogen) atoms. The lowest BCUT2D eigenvalue weighted by molar-refractivity contribution is -0.141. The highest BCUT2D eigenvalue weighted by Gasteiger charge is 2.37. The number of alkyl halides is 3. The molecule has 116 valence electrons. The standard InChI is InChI=1S/C14H19F3N2OSi/c1-13(2,3)21(4,5)20-9-11-6-10(8-18)7-12(19-11)14(15,16)17/h6-7H,9H2,1-5H3. The van der Waals surface area contributed by atoms with E-state index in [1.54, 1.807) is 6.07 Å². The molecule has 0 N–H and O–H groups in total. The Balaban J connectivity index is 3.03. The van der Waals surface area contributed by atoms with E-state index in [1.807, 2.05) is 33.9 Å². The van der Waals surface area contributed by atoms with Crippen molar-refractivity contribution in [1.82, 2.24) is 4.98 Å². The molecule has 0 radical (unpaired) electrons. The van der Waals surface area contributed by atoms with Crippen LogP contribution >= 0.6 is 0 Å². The molecule has 1 rings (SSSR count). The molecule has 0 spiro atoms. The van der Waals surface area contributed by atoms with Crippen LogP contribution in [0.5, 0.6) is 0 Å². The number of halogens is 3. The molecule has 3 nitrogen and oxygen atoms in total. The molecule has 0 unspecified atom stereocenters. The van der Waals surface area contributed by atoms with E-state index < -0.39 is 20.2 Å². The maximum Gasteiger partial charge on any atom is 0.433 e. The van der Waals surface area contributed by atoms with Gasteiger partial charge in [-0.3, -0.25) is 0 Å². The van der Waals surface area contributed by atoms with Gasteiger partial charge in [-0.05, 0) is 30.3 Å². The fourth-order valence-corrected chi connectivity index (χ4v) is 2.28. The minimum absolute atomic E-state index is 0.0188. The topological polar surface area (TPSA) is 45.9 Å². The van der Waals surface area contributed by atoms with Crippen LogP contribution in [-0.4, -0.2) is 13.3 Å². The van der Waals surface area contributed by atoms with Crippen molar-refractivity contribution < 1.29 is 17.6 Å². The van der Waals surface area contributed by atoms with Gasteiger partial charge in [0.15, 0.2) is 8.32 Å². The number of hydrogen-bond acceptors (Lipinski definition) is 3. The molecule has 0 bridgehead atoms. The Bertz CT molecular complexity index is 557. The number of aromatic nitrogens is 1. The van der Waals surface area contributed by atoms with Gasteiger partial charge < -0.3 is 4.43 Å². The fraction of sp³-hybridized carbons (Fsp3) is 0.571. The number of hydrogen-bond donors (Lipinski definition) is 0. The molecular weight excluding hydrogens is 297 g/mol. The third-order valence-electron chi connectivity index (χ3n) is 3.69. The van der Waals surface area contributed by atoms with E-state index in [-0.39, 0.29) is 22.9 Å². The monoisotopic (exact) mass is 316 g/mol. The van der Waals surface area contributed by atoms with E-state index >= 15 is 0 Å². The summed E-state index contributed by atoms with van der Waals surface area (Å²) < 4.78 is 44.1. The van der Waals surface area contributed by atoms with E-state index in [0.717, 1.165) is 6.07 Å². The molecule has 0 aliphatic rings. The van der Waals surface area contributed by atoms with Crippen LogP contribution in [0.25, 0.3) is 0 Å². The Hall–Kier alpha value is -1.39. The fourth-order valence-electron chi connectivity index (χ4n) is 1.34. The summed E-state index contributed by atoms with van der Waals surface area (Å²) in [4.78, 5) is 3.56. The number of pyridine rings is 1. The molecule has 0 saturated carbocycles. The second-order valence-electron chi connectivity index (χ2n) is 6.39. The van der Waals surface area contributed by atoms with Gasteiger partial charge in [0.1, 0.15) is 5.69 Å². The largest absolute Gasteiger partial charge is 0.433 e. The Morgan fingerprint density at radius 3 is 2.24 bits per heavy atom. The molecule has 0 aromatic carbocycles. The van der Waals surface area contributed by atoms with Crippen LogP contribution in [0.3, 0.4) is 0 Å². The van der Waals surface area contributed by atoms with Crippen molar-refractivity contribution in [1.29, 1.82) is 5.26 Å². The van der Waals surface area contributed by atoms with E-state index in [0.29, 0.717) is 0 Å². The summed E-state index contributed by atoms with van der Waals surface area (Å²) in [7, 11) is -2.08. The van der Waals surface area contributed by atoms with Crippen molar-refractivity contribution >= 4 is 8.32 Å². The lowest BCUT2D eigenvalue weighted by Gasteiger charge is -2.36. The van der Waals surface area contributed by atoms with Gasteiger partial charge in [-0.15, -0.1) is 0 Å². The van der Waals surface area contributed by atoms with Crippen molar-refractivity contribution in [3.63, 3.8) is 0 Å². The SMILES string of the molecule is CC(C)(C)[Si](C)(C)OCc1cc(C#N)cc(C(F)(F)F)n1. The quantitative estimate of drug-likeness (QED) is 0.772. The molecule has 0 saturated heterocycles. The normalized spacial score (nSPS) is 13.1. The highest BCUT2D eigenvalue weighted by atomic mass is 28.4. The molecule has 0 aliphatic carbocycles. The molecule has 0 fully saturated rings. The predicted octanol–water partition coefficient (Wildman–Crippen LogP) is 4.49. The van der Waals surface area contributed by atoms with Crippen LogP contribution in [0.1, 0.15) is 37.7 Å². The Morgan fingerprint density at radius 2 is 1.81 bits per heavy atom. The first-order valence-corrected chi connectivity index (χ1v) is 9.40. The van der Waals surface area contributed by atoms with E-state index in [4.69, 9.17) is 9.69 Å². The van der Waals surface area contributed by atoms with Crippen molar-refractivity contribution in [2.24, 2.45) is 0 Å². The summed E-state index contributed by atoms with van der Waals surface area (Å²) in [5.74, 6) is 0. The summed E-state index contributed by atoms with van der Waals surface area (Å²) in [6.45, 7) is 10.1. The molecule has 0 atom stereocenters. The third kappa shape index (κ3) is 4.54. The van der Waals surface area contributed by atoms with E-state index in [1.165, 1.54) is 6.07 Å². The van der Waals surface area contributed by atoms with Crippen LogP contribution in [0.15, 0.2) is 12.1 Å². The maximum atomic E-state index is 12.7. The van der Waals surface area contributed by atoms with Crippen molar-refractivity contribution in [3.05, 3.63) is 29.1 Å². The zero-order chi connectivity index (χ0) is 16.5. The second-order valence-corrected chi connectivity index (χ2v) is 11.2. The predicted molar refractivity (Wildman–Crippen MR) is 75.9 cm³/mol. The summed E-state index contributed by atoms with van der Waals surface area (Å²) >= 11 is 0. The van der Waals surface area contributed by atoms with Gasteiger partial charge >= 0.3 is 6.18 Å². The highest BCUT2D eigenvalue weighted by molar-refractivity contribution is 6.74. The first kappa shape index (κ1) is 17.7. The van der Waals surface area contributed by atoms with Crippen LogP contribution < -0.4 is 0 Å². The zero-order valence-electron chi connectivity index (χ0n) is 12.8. The van der Waals surface area contributed by atoms with Crippen molar-refractivity contribution in [2.75, 3.05) is 0 Å². The lowest BCUT2D eigenvalue weighted by atomic mass is 10.2. The van der Waals surface area contributed by atoms with E-state index in [9.17, 15) is 13.2 Å². The average Bonchev–Trinajstić information content (AvgIpc) is 2.33. The molecule has 1 heterocycles. The van der Waals surface area contributed by atoms with Crippen LogP contribution in [0, 0.1) is 11.3 Å². The lowest BCUT2D eigenvalue weighted by Crippen LogP contribution is -2.40. The zero-order valence-corrected chi connectivity index (χ0v) is 13.8. The highest BCUT2D eigenvalue weighted by Crippen LogP contribution is 2.37. The Morgan fingerprint density at radius 1 is 1.24 bits per heavy atom. The van der Waals surface area contributed by atoms with Crippen LogP contribution in [-0.2, 0) is 17.2 Å². The summed E-state index contributed by atoms with van der Waals surface area (Å²) in [6, 6.07) is 3.80. The summed E-state index contributed by atoms with van der Waals surface area (Å²) in [5.41, 5.74) is -0.993. The molecule has 1 aromatic heterocycles.